The number of hydrogen-bond donors (Lipinski definition) is 2. The number of thiophene rings is 1. The zero-order valence-electron chi connectivity index (χ0n) is 9.74. The van der Waals surface area contributed by atoms with Gasteiger partial charge in [0.05, 0.1) is 22.1 Å². The van der Waals surface area contributed by atoms with E-state index in [9.17, 15) is 4.79 Å². The third-order valence-corrected chi connectivity index (χ3v) is 3.89. The summed E-state index contributed by atoms with van der Waals surface area (Å²) in [5, 5.41) is 5.74. The molecule has 0 aromatic carbocycles. The van der Waals surface area contributed by atoms with Crippen LogP contribution in [0.25, 0.3) is 0 Å². The molecule has 0 aliphatic carbocycles. The van der Waals surface area contributed by atoms with E-state index >= 15 is 0 Å². The van der Waals surface area contributed by atoms with E-state index in [-0.39, 0.29) is 5.91 Å². The molecular weight excluding hydrogens is 314 g/mol. The molecule has 0 bridgehead atoms. The molecule has 4 nitrogen and oxygen atoms in total. The van der Waals surface area contributed by atoms with Crippen molar-refractivity contribution < 1.29 is 4.79 Å². The number of pyridine rings is 1. The normalized spacial score (nSPS) is 10.1. The van der Waals surface area contributed by atoms with Crippen molar-refractivity contribution in [1.29, 1.82) is 0 Å². The van der Waals surface area contributed by atoms with Crippen LogP contribution in [0.15, 0.2) is 34.2 Å². The zero-order valence-corrected chi connectivity index (χ0v) is 12.1. The number of carbonyl (C=O) groups excluding carboxylic acids is 1. The standard InChI is InChI=1S/C12H12BrN3OS/c1-14-11-5-2-8(7-15-11)16-12(17)6-9-3-4-10(13)18-9/h2-5,7H,6H2,1H3,(H,14,15)(H,16,17). The van der Waals surface area contributed by atoms with Crippen LogP contribution in [-0.2, 0) is 11.2 Å². The predicted octanol–water partition coefficient (Wildman–Crippen LogP) is 3.13. The van der Waals surface area contributed by atoms with Gasteiger partial charge in [0.1, 0.15) is 5.82 Å². The average molecular weight is 326 g/mol. The Morgan fingerprint density at radius 1 is 1.39 bits per heavy atom. The highest BCUT2D eigenvalue weighted by atomic mass is 79.9. The molecule has 0 unspecified atom stereocenters. The molecule has 0 aliphatic heterocycles. The van der Waals surface area contributed by atoms with Crippen LogP contribution in [0.1, 0.15) is 4.88 Å². The molecule has 0 atom stereocenters. The fourth-order valence-corrected chi connectivity index (χ4v) is 2.91. The first kappa shape index (κ1) is 13.0. The molecule has 1 amide bonds. The van der Waals surface area contributed by atoms with Crippen molar-refractivity contribution in [2.75, 3.05) is 17.7 Å². The minimum atomic E-state index is -0.0386. The summed E-state index contributed by atoms with van der Waals surface area (Å²) in [6, 6.07) is 7.52. The smallest absolute Gasteiger partial charge is 0.229 e. The lowest BCUT2D eigenvalue weighted by Crippen LogP contribution is -2.13. The molecule has 0 saturated carbocycles. The Kier molecular flexibility index (Phi) is 4.33. The van der Waals surface area contributed by atoms with Crippen LogP contribution in [0.3, 0.4) is 0 Å². The second-order valence-corrected chi connectivity index (χ2v) is 6.16. The quantitative estimate of drug-likeness (QED) is 0.908. The molecule has 0 fully saturated rings. The number of aromatic nitrogens is 1. The molecule has 94 valence electrons. The van der Waals surface area contributed by atoms with Crippen molar-refractivity contribution in [2.24, 2.45) is 0 Å². The molecule has 2 aromatic rings. The molecule has 18 heavy (non-hydrogen) atoms. The van der Waals surface area contributed by atoms with Crippen molar-refractivity contribution in [3.63, 3.8) is 0 Å². The van der Waals surface area contributed by atoms with E-state index in [1.165, 1.54) is 0 Å². The summed E-state index contributed by atoms with van der Waals surface area (Å²) in [4.78, 5) is 16.9. The Balaban J connectivity index is 1.94. The Hall–Kier alpha value is -1.40. The third kappa shape index (κ3) is 3.54. The van der Waals surface area contributed by atoms with Gasteiger partial charge in [0.15, 0.2) is 0 Å². The van der Waals surface area contributed by atoms with Gasteiger partial charge < -0.3 is 10.6 Å². The third-order valence-electron chi connectivity index (χ3n) is 2.27. The first-order valence-corrected chi connectivity index (χ1v) is 6.96. The van der Waals surface area contributed by atoms with E-state index in [2.05, 4.69) is 31.5 Å². The fraction of sp³-hybridized carbons (Fsp3) is 0.167. The molecule has 0 radical (unpaired) electrons. The van der Waals surface area contributed by atoms with Crippen LogP contribution in [0.2, 0.25) is 0 Å². The van der Waals surface area contributed by atoms with Gasteiger partial charge >= 0.3 is 0 Å². The van der Waals surface area contributed by atoms with Crippen LogP contribution < -0.4 is 10.6 Å². The van der Waals surface area contributed by atoms with E-state index in [0.29, 0.717) is 12.1 Å². The molecule has 0 spiro atoms. The Labute approximate surface area is 118 Å². The minimum Gasteiger partial charge on any atom is -0.373 e. The molecule has 0 aliphatic rings. The molecule has 2 N–H and O–H groups in total. The van der Waals surface area contributed by atoms with E-state index in [4.69, 9.17) is 0 Å². The number of nitrogens with zero attached hydrogens (tertiary/aromatic N) is 1. The second kappa shape index (κ2) is 5.97. The highest BCUT2D eigenvalue weighted by Gasteiger charge is 2.06. The SMILES string of the molecule is CNc1ccc(NC(=O)Cc2ccc(Br)s2)cn1. The molecule has 2 heterocycles. The monoisotopic (exact) mass is 325 g/mol. The van der Waals surface area contributed by atoms with Crippen LogP contribution in [0, 0.1) is 0 Å². The lowest BCUT2D eigenvalue weighted by Gasteiger charge is -2.04. The summed E-state index contributed by atoms with van der Waals surface area (Å²) in [5.74, 6) is 0.735. The highest BCUT2D eigenvalue weighted by molar-refractivity contribution is 9.11. The summed E-state index contributed by atoms with van der Waals surface area (Å²) >= 11 is 4.94. The summed E-state index contributed by atoms with van der Waals surface area (Å²) in [6.07, 6.45) is 2.01. The Morgan fingerprint density at radius 2 is 2.22 bits per heavy atom. The first-order valence-electron chi connectivity index (χ1n) is 5.35. The van der Waals surface area contributed by atoms with Gasteiger partial charge in [0.2, 0.25) is 5.91 Å². The first-order chi connectivity index (χ1) is 8.67. The Morgan fingerprint density at radius 3 is 2.78 bits per heavy atom. The summed E-state index contributed by atoms with van der Waals surface area (Å²) < 4.78 is 1.03. The highest BCUT2D eigenvalue weighted by Crippen LogP contribution is 2.22. The van der Waals surface area contributed by atoms with Crippen LogP contribution in [0.4, 0.5) is 11.5 Å². The summed E-state index contributed by atoms with van der Waals surface area (Å²) in [6.45, 7) is 0. The molecule has 2 aromatic heterocycles. The molecule has 0 saturated heterocycles. The van der Waals surface area contributed by atoms with Crippen molar-refractivity contribution in [3.8, 4) is 0 Å². The van der Waals surface area contributed by atoms with Gasteiger partial charge in [-0.25, -0.2) is 4.98 Å². The van der Waals surface area contributed by atoms with Gasteiger partial charge in [-0.3, -0.25) is 4.79 Å². The summed E-state index contributed by atoms with van der Waals surface area (Å²) in [7, 11) is 1.80. The maximum atomic E-state index is 11.8. The Bertz CT molecular complexity index is 539. The van der Waals surface area contributed by atoms with E-state index < -0.39 is 0 Å². The van der Waals surface area contributed by atoms with E-state index in [1.807, 2.05) is 24.3 Å². The lowest BCUT2D eigenvalue weighted by molar-refractivity contribution is -0.115. The summed E-state index contributed by atoms with van der Waals surface area (Å²) in [5.41, 5.74) is 0.703. The number of amides is 1. The van der Waals surface area contributed by atoms with E-state index in [1.54, 1.807) is 24.6 Å². The largest absolute Gasteiger partial charge is 0.373 e. The number of carbonyl (C=O) groups is 1. The maximum Gasteiger partial charge on any atom is 0.229 e. The van der Waals surface area contributed by atoms with Gasteiger partial charge in [0, 0.05) is 11.9 Å². The number of nitrogens with one attached hydrogen (secondary N) is 2. The molecule has 2 rings (SSSR count). The second-order valence-electron chi connectivity index (χ2n) is 3.61. The van der Waals surface area contributed by atoms with Crippen LogP contribution >= 0.6 is 27.3 Å². The number of halogens is 1. The van der Waals surface area contributed by atoms with Crippen molar-refractivity contribution in [3.05, 3.63) is 39.1 Å². The van der Waals surface area contributed by atoms with Gasteiger partial charge in [0.25, 0.3) is 0 Å². The fourth-order valence-electron chi connectivity index (χ4n) is 1.43. The predicted molar refractivity (Wildman–Crippen MR) is 78.1 cm³/mol. The van der Waals surface area contributed by atoms with Crippen LogP contribution in [-0.4, -0.2) is 17.9 Å². The van der Waals surface area contributed by atoms with Crippen molar-refractivity contribution in [1.82, 2.24) is 4.98 Å². The van der Waals surface area contributed by atoms with Gasteiger partial charge in [-0.05, 0) is 40.2 Å². The van der Waals surface area contributed by atoms with Gasteiger partial charge in [-0.2, -0.15) is 0 Å². The topological polar surface area (TPSA) is 54.0 Å². The average Bonchev–Trinajstić information content (AvgIpc) is 2.75. The molecule has 6 heteroatoms. The minimum absolute atomic E-state index is 0.0386. The van der Waals surface area contributed by atoms with Crippen molar-refractivity contribution in [2.45, 2.75) is 6.42 Å². The molecular formula is C12H12BrN3OS. The van der Waals surface area contributed by atoms with Gasteiger partial charge in [-0.1, -0.05) is 0 Å². The van der Waals surface area contributed by atoms with Gasteiger partial charge in [-0.15, -0.1) is 11.3 Å². The maximum absolute atomic E-state index is 11.8. The number of anilines is 2. The van der Waals surface area contributed by atoms with Crippen molar-refractivity contribution >= 4 is 44.7 Å². The lowest BCUT2D eigenvalue weighted by atomic mass is 10.3. The zero-order chi connectivity index (χ0) is 13.0. The number of rotatable bonds is 4. The van der Waals surface area contributed by atoms with E-state index in [0.717, 1.165) is 14.5 Å². The van der Waals surface area contributed by atoms with Crippen LogP contribution in [0.5, 0.6) is 0 Å². The number of hydrogen-bond acceptors (Lipinski definition) is 4.